The minimum Gasteiger partial charge on any atom is -0.509 e. The predicted molar refractivity (Wildman–Crippen MR) is 56.6 cm³/mol. The van der Waals surface area contributed by atoms with E-state index in [0.717, 1.165) is 11.0 Å². The number of ether oxygens (including phenoxy) is 1. The smallest absolute Gasteiger partial charge is 0.305 e. The standard InChI is InChI=1S/C10H13BO3/c1-14-9(13)6-5-7-3-2-4-8(12)10(7)11/h2-4,12H,5-6,11H2,1H3. The van der Waals surface area contributed by atoms with Crippen molar-refractivity contribution in [3.05, 3.63) is 23.8 Å². The molecule has 0 atom stereocenters. The van der Waals surface area contributed by atoms with E-state index in [0.29, 0.717) is 12.8 Å². The second-order valence-corrected chi connectivity index (χ2v) is 3.14. The van der Waals surface area contributed by atoms with Crippen molar-refractivity contribution in [3.8, 4) is 5.75 Å². The number of hydrogen-bond acceptors (Lipinski definition) is 3. The van der Waals surface area contributed by atoms with Crippen LogP contribution in [-0.2, 0) is 16.0 Å². The average molecular weight is 192 g/mol. The molecule has 74 valence electrons. The van der Waals surface area contributed by atoms with Crippen LogP contribution in [0.3, 0.4) is 0 Å². The van der Waals surface area contributed by atoms with Gasteiger partial charge in [0.1, 0.15) is 13.6 Å². The van der Waals surface area contributed by atoms with Crippen LogP contribution in [0.5, 0.6) is 5.75 Å². The Morgan fingerprint density at radius 1 is 1.57 bits per heavy atom. The average Bonchev–Trinajstić information content (AvgIpc) is 2.20. The van der Waals surface area contributed by atoms with E-state index >= 15 is 0 Å². The molecule has 0 saturated heterocycles. The number of phenolic OH excluding ortho intramolecular Hbond substituents is 1. The van der Waals surface area contributed by atoms with Crippen molar-refractivity contribution in [2.45, 2.75) is 12.8 Å². The van der Waals surface area contributed by atoms with E-state index in [-0.39, 0.29) is 11.7 Å². The lowest BCUT2D eigenvalue weighted by molar-refractivity contribution is -0.140. The van der Waals surface area contributed by atoms with Crippen LogP contribution in [0.4, 0.5) is 0 Å². The summed E-state index contributed by atoms with van der Waals surface area (Å²) in [6.45, 7) is 0. The Morgan fingerprint density at radius 3 is 2.93 bits per heavy atom. The molecule has 0 unspecified atom stereocenters. The maximum absolute atomic E-state index is 10.9. The molecule has 0 fully saturated rings. The van der Waals surface area contributed by atoms with Crippen LogP contribution >= 0.6 is 0 Å². The normalized spacial score (nSPS) is 9.79. The minimum absolute atomic E-state index is 0.229. The van der Waals surface area contributed by atoms with Gasteiger partial charge in [0.2, 0.25) is 0 Å². The van der Waals surface area contributed by atoms with Crippen molar-refractivity contribution < 1.29 is 14.6 Å². The number of carbonyl (C=O) groups is 1. The van der Waals surface area contributed by atoms with Crippen LogP contribution in [0.25, 0.3) is 0 Å². The summed E-state index contributed by atoms with van der Waals surface area (Å²) < 4.78 is 4.54. The molecule has 1 aromatic carbocycles. The summed E-state index contributed by atoms with van der Waals surface area (Å²) >= 11 is 0. The molecule has 0 bridgehead atoms. The number of rotatable bonds is 3. The van der Waals surface area contributed by atoms with Crippen LogP contribution < -0.4 is 5.46 Å². The first-order valence-electron chi connectivity index (χ1n) is 4.49. The summed E-state index contributed by atoms with van der Waals surface area (Å²) in [6.07, 6.45) is 0.952. The fourth-order valence-corrected chi connectivity index (χ4v) is 1.28. The molecular formula is C10H13BO3. The third-order valence-corrected chi connectivity index (χ3v) is 2.24. The summed E-state index contributed by atoms with van der Waals surface area (Å²) in [4.78, 5) is 10.9. The molecule has 1 rings (SSSR count). The molecule has 0 radical (unpaired) electrons. The first kappa shape index (κ1) is 10.6. The lowest BCUT2D eigenvalue weighted by atomic mass is 9.87. The van der Waals surface area contributed by atoms with E-state index < -0.39 is 0 Å². The third kappa shape index (κ3) is 2.52. The molecule has 0 aliphatic rings. The van der Waals surface area contributed by atoms with Crippen LogP contribution in [0.2, 0.25) is 0 Å². The zero-order chi connectivity index (χ0) is 10.6. The van der Waals surface area contributed by atoms with E-state index in [1.165, 1.54) is 7.11 Å². The minimum atomic E-state index is -0.229. The molecule has 0 aromatic heterocycles. The van der Waals surface area contributed by atoms with Crippen molar-refractivity contribution in [3.63, 3.8) is 0 Å². The number of aromatic hydroxyl groups is 1. The van der Waals surface area contributed by atoms with E-state index in [4.69, 9.17) is 0 Å². The topological polar surface area (TPSA) is 46.5 Å². The maximum atomic E-state index is 10.9. The van der Waals surface area contributed by atoms with Crippen LogP contribution in [0.15, 0.2) is 18.2 Å². The third-order valence-electron chi connectivity index (χ3n) is 2.24. The molecule has 0 spiro atoms. The van der Waals surface area contributed by atoms with Gasteiger partial charge in [0.15, 0.2) is 0 Å². The van der Waals surface area contributed by atoms with Gasteiger partial charge in [-0.3, -0.25) is 4.79 Å². The van der Waals surface area contributed by atoms with Gasteiger partial charge >= 0.3 is 5.97 Å². The molecule has 0 saturated carbocycles. The van der Waals surface area contributed by atoms with E-state index in [2.05, 4.69) is 4.74 Å². The number of phenols is 1. The van der Waals surface area contributed by atoms with E-state index in [1.54, 1.807) is 12.1 Å². The van der Waals surface area contributed by atoms with Crippen LogP contribution in [0.1, 0.15) is 12.0 Å². The van der Waals surface area contributed by atoms with Crippen molar-refractivity contribution in [2.24, 2.45) is 0 Å². The lowest BCUT2D eigenvalue weighted by Gasteiger charge is -2.06. The summed E-state index contributed by atoms with van der Waals surface area (Å²) in [5.41, 5.74) is 1.81. The fraction of sp³-hybridized carbons (Fsp3) is 0.300. The molecule has 1 aromatic rings. The highest BCUT2D eigenvalue weighted by molar-refractivity contribution is 6.35. The van der Waals surface area contributed by atoms with Crippen molar-refractivity contribution in [2.75, 3.05) is 7.11 Å². The van der Waals surface area contributed by atoms with Gasteiger partial charge in [-0.1, -0.05) is 17.7 Å². The first-order valence-corrected chi connectivity index (χ1v) is 4.49. The Kier molecular flexibility index (Phi) is 3.57. The molecule has 0 heterocycles. The Balaban J connectivity index is 2.68. The maximum Gasteiger partial charge on any atom is 0.305 e. The molecule has 1 N–H and O–H groups in total. The number of aryl methyl sites for hydroxylation is 1. The zero-order valence-electron chi connectivity index (χ0n) is 8.41. The molecule has 14 heavy (non-hydrogen) atoms. The van der Waals surface area contributed by atoms with E-state index in [1.807, 2.05) is 13.9 Å². The van der Waals surface area contributed by atoms with Gasteiger partial charge in [-0.2, -0.15) is 0 Å². The van der Waals surface area contributed by atoms with Crippen LogP contribution in [-0.4, -0.2) is 26.0 Å². The predicted octanol–water partition coefficient (Wildman–Crippen LogP) is -0.244. The van der Waals surface area contributed by atoms with Gasteiger partial charge in [0.25, 0.3) is 0 Å². The summed E-state index contributed by atoms with van der Waals surface area (Å²) in [6, 6.07) is 5.31. The van der Waals surface area contributed by atoms with Gasteiger partial charge in [-0.25, -0.2) is 0 Å². The Labute approximate surface area is 84.1 Å². The molecule has 0 aliphatic heterocycles. The number of carbonyl (C=O) groups excluding carboxylic acids is 1. The van der Waals surface area contributed by atoms with Gasteiger partial charge in [-0.15, -0.1) is 0 Å². The van der Waals surface area contributed by atoms with Gasteiger partial charge in [-0.05, 0) is 17.9 Å². The number of esters is 1. The monoisotopic (exact) mass is 192 g/mol. The lowest BCUT2D eigenvalue weighted by Crippen LogP contribution is -2.12. The summed E-state index contributed by atoms with van der Waals surface area (Å²) in [5.74, 6) is 0.0418. The Bertz CT molecular complexity index is 336. The first-order chi connectivity index (χ1) is 6.65. The van der Waals surface area contributed by atoms with Gasteiger partial charge in [0.05, 0.1) is 7.11 Å². The number of hydrogen-bond donors (Lipinski definition) is 1. The number of methoxy groups -OCH3 is 1. The van der Waals surface area contributed by atoms with Crippen LogP contribution in [0, 0.1) is 0 Å². The molecule has 0 amide bonds. The van der Waals surface area contributed by atoms with Gasteiger partial charge in [0, 0.05) is 6.42 Å². The van der Waals surface area contributed by atoms with Crippen molar-refractivity contribution in [1.82, 2.24) is 0 Å². The molecule has 0 aliphatic carbocycles. The quantitative estimate of drug-likeness (QED) is 0.530. The molecular weight excluding hydrogens is 179 g/mol. The van der Waals surface area contributed by atoms with E-state index in [9.17, 15) is 9.90 Å². The fourth-order valence-electron chi connectivity index (χ4n) is 1.28. The number of benzene rings is 1. The Hall–Kier alpha value is -1.45. The van der Waals surface area contributed by atoms with Crippen molar-refractivity contribution >= 4 is 19.3 Å². The van der Waals surface area contributed by atoms with Crippen molar-refractivity contribution in [1.29, 1.82) is 0 Å². The second kappa shape index (κ2) is 4.70. The second-order valence-electron chi connectivity index (χ2n) is 3.14. The molecule has 4 heteroatoms. The summed E-state index contributed by atoms with van der Waals surface area (Å²) in [7, 11) is 3.21. The highest BCUT2D eigenvalue weighted by atomic mass is 16.5. The highest BCUT2D eigenvalue weighted by Gasteiger charge is 2.05. The SMILES string of the molecule is Bc1c(O)cccc1CCC(=O)OC. The van der Waals surface area contributed by atoms with Gasteiger partial charge < -0.3 is 9.84 Å². The largest absolute Gasteiger partial charge is 0.509 e. The summed E-state index contributed by atoms with van der Waals surface area (Å²) in [5, 5.41) is 9.41. The zero-order valence-corrected chi connectivity index (χ0v) is 8.41. The molecule has 3 nitrogen and oxygen atoms in total. The highest BCUT2D eigenvalue weighted by Crippen LogP contribution is 2.08. The Morgan fingerprint density at radius 2 is 2.29 bits per heavy atom.